The molecule has 0 bridgehead atoms. The zero-order chi connectivity index (χ0) is 20.4. The summed E-state index contributed by atoms with van der Waals surface area (Å²) in [5.74, 6) is -0.192. The van der Waals surface area contributed by atoms with E-state index in [1.807, 2.05) is 55.5 Å². The largest absolute Gasteiger partial charge is 0.452 e. The van der Waals surface area contributed by atoms with E-state index < -0.39 is 5.38 Å². The van der Waals surface area contributed by atoms with Gasteiger partial charge in [-0.2, -0.15) is 0 Å². The number of nitrogens with one attached hydrogen (secondary N) is 1. The monoisotopic (exact) mass is 403 g/mol. The Morgan fingerprint density at radius 1 is 0.931 bits per heavy atom. The zero-order valence-corrected chi connectivity index (χ0v) is 16.4. The molecule has 5 heteroatoms. The van der Waals surface area contributed by atoms with Gasteiger partial charge < -0.3 is 9.73 Å². The number of benzene rings is 3. The number of carbonyl (C=O) groups excluding carboxylic acids is 2. The quantitative estimate of drug-likeness (QED) is 0.334. The number of rotatable bonds is 5. The molecule has 29 heavy (non-hydrogen) atoms. The van der Waals surface area contributed by atoms with Crippen LogP contribution in [0.5, 0.6) is 0 Å². The molecule has 0 fully saturated rings. The molecular weight excluding hydrogens is 386 g/mol. The SMILES string of the molecule is Cc1c(C(=O)c2ccccc2)oc2ccc(NC(=O)C(Cl)c3ccccc3)cc12. The number of furan rings is 1. The van der Waals surface area contributed by atoms with Crippen molar-refractivity contribution in [2.45, 2.75) is 12.3 Å². The zero-order valence-electron chi connectivity index (χ0n) is 15.7. The van der Waals surface area contributed by atoms with Crippen molar-refractivity contribution >= 4 is 39.9 Å². The summed E-state index contributed by atoms with van der Waals surface area (Å²) in [7, 11) is 0. The molecule has 144 valence electrons. The highest BCUT2D eigenvalue weighted by molar-refractivity contribution is 6.32. The minimum absolute atomic E-state index is 0.171. The number of amides is 1. The molecule has 1 amide bonds. The number of hydrogen-bond acceptors (Lipinski definition) is 3. The van der Waals surface area contributed by atoms with Crippen molar-refractivity contribution in [1.82, 2.24) is 0 Å². The number of carbonyl (C=O) groups is 2. The second-order valence-electron chi connectivity index (χ2n) is 6.72. The summed E-state index contributed by atoms with van der Waals surface area (Å²) in [4.78, 5) is 25.3. The molecule has 3 aromatic carbocycles. The predicted octanol–water partition coefficient (Wildman–Crippen LogP) is 5.89. The van der Waals surface area contributed by atoms with E-state index in [0.717, 1.165) is 16.5 Å². The van der Waals surface area contributed by atoms with Crippen LogP contribution < -0.4 is 5.32 Å². The van der Waals surface area contributed by atoms with Gasteiger partial charge in [-0.15, -0.1) is 11.6 Å². The standard InChI is InChI=1S/C24H18ClNO3/c1-15-19-14-18(26-24(28)21(25)16-8-4-2-5-9-16)12-13-20(19)29-23(15)22(27)17-10-6-3-7-11-17/h2-14,21H,1H3,(H,26,28). The normalized spacial score (nSPS) is 11.9. The van der Waals surface area contributed by atoms with Gasteiger partial charge in [0.2, 0.25) is 11.7 Å². The third-order valence-electron chi connectivity index (χ3n) is 4.77. The van der Waals surface area contributed by atoms with Gasteiger partial charge in [0, 0.05) is 22.2 Å². The van der Waals surface area contributed by atoms with Gasteiger partial charge in [0.1, 0.15) is 11.0 Å². The Balaban J connectivity index is 1.60. The van der Waals surface area contributed by atoms with E-state index in [9.17, 15) is 9.59 Å². The molecule has 4 nitrogen and oxygen atoms in total. The second-order valence-corrected chi connectivity index (χ2v) is 7.16. The minimum atomic E-state index is -0.799. The van der Waals surface area contributed by atoms with Crippen LogP contribution >= 0.6 is 11.6 Å². The van der Waals surface area contributed by atoms with Crippen molar-refractivity contribution in [2.75, 3.05) is 5.32 Å². The fourth-order valence-electron chi connectivity index (χ4n) is 3.21. The maximum Gasteiger partial charge on any atom is 0.246 e. The fraction of sp³-hybridized carbons (Fsp3) is 0.0833. The molecule has 1 N–H and O–H groups in total. The minimum Gasteiger partial charge on any atom is -0.452 e. The number of anilines is 1. The smallest absolute Gasteiger partial charge is 0.246 e. The van der Waals surface area contributed by atoms with Crippen molar-refractivity contribution in [1.29, 1.82) is 0 Å². The van der Waals surface area contributed by atoms with Crippen LogP contribution in [0.4, 0.5) is 5.69 Å². The van der Waals surface area contributed by atoms with Crippen LogP contribution in [0.3, 0.4) is 0 Å². The van der Waals surface area contributed by atoms with E-state index in [0.29, 0.717) is 22.6 Å². The van der Waals surface area contributed by atoms with Gasteiger partial charge in [0.05, 0.1) is 0 Å². The van der Waals surface area contributed by atoms with Gasteiger partial charge in [-0.25, -0.2) is 0 Å². The van der Waals surface area contributed by atoms with Crippen LogP contribution in [0.2, 0.25) is 0 Å². The molecule has 4 aromatic rings. The number of hydrogen-bond donors (Lipinski definition) is 1. The number of fused-ring (bicyclic) bond motifs is 1. The number of ketones is 1. The molecule has 0 saturated carbocycles. The molecule has 0 aliphatic heterocycles. The average Bonchev–Trinajstić information content (AvgIpc) is 3.10. The highest BCUT2D eigenvalue weighted by Crippen LogP contribution is 2.30. The molecule has 1 aromatic heterocycles. The summed E-state index contributed by atoms with van der Waals surface area (Å²) in [5.41, 5.74) is 3.20. The lowest BCUT2D eigenvalue weighted by Gasteiger charge is -2.11. The first-order valence-corrected chi connectivity index (χ1v) is 9.61. The lowest BCUT2D eigenvalue weighted by atomic mass is 10.0. The van der Waals surface area contributed by atoms with Crippen LogP contribution in [-0.4, -0.2) is 11.7 Å². The third kappa shape index (κ3) is 3.80. The Labute approximate surface area is 173 Å². The summed E-state index contributed by atoms with van der Waals surface area (Å²) < 4.78 is 5.80. The predicted molar refractivity (Wildman–Crippen MR) is 114 cm³/mol. The van der Waals surface area contributed by atoms with Crippen LogP contribution in [0.1, 0.15) is 32.6 Å². The van der Waals surface area contributed by atoms with Crippen molar-refractivity contribution in [2.24, 2.45) is 0 Å². The molecule has 1 atom stereocenters. The van der Waals surface area contributed by atoms with E-state index in [1.165, 1.54) is 0 Å². The first-order valence-electron chi connectivity index (χ1n) is 9.17. The number of alkyl halides is 1. The highest BCUT2D eigenvalue weighted by atomic mass is 35.5. The molecule has 1 heterocycles. The molecule has 0 aliphatic rings. The summed E-state index contributed by atoms with van der Waals surface area (Å²) >= 11 is 6.29. The highest BCUT2D eigenvalue weighted by Gasteiger charge is 2.21. The third-order valence-corrected chi connectivity index (χ3v) is 5.22. The van der Waals surface area contributed by atoms with Crippen molar-refractivity contribution in [3.63, 3.8) is 0 Å². The lowest BCUT2D eigenvalue weighted by Crippen LogP contribution is -2.17. The van der Waals surface area contributed by atoms with Gasteiger partial charge in [-0.3, -0.25) is 9.59 Å². The van der Waals surface area contributed by atoms with Crippen LogP contribution in [0.15, 0.2) is 83.3 Å². The van der Waals surface area contributed by atoms with Crippen molar-refractivity contribution < 1.29 is 14.0 Å². The van der Waals surface area contributed by atoms with Crippen molar-refractivity contribution in [3.05, 3.63) is 101 Å². The first kappa shape index (κ1) is 19.0. The molecule has 0 spiro atoms. The maximum atomic E-state index is 12.8. The Hall–Kier alpha value is -3.37. The number of aryl methyl sites for hydroxylation is 1. The van der Waals surface area contributed by atoms with Crippen LogP contribution in [0.25, 0.3) is 11.0 Å². The summed E-state index contributed by atoms with van der Waals surface area (Å²) in [6, 6.07) is 23.4. The molecule has 4 rings (SSSR count). The van der Waals surface area contributed by atoms with E-state index in [4.69, 9.17) is 16.0 Å². The van der Waals surface area contributed by atoms with Crippen LogP contribution in [-0.2, 0) is 4.79 Å². The molecule has 1 unspecified atom stereocenters. The molecule has 0 radical (unpaired) electrons. The van der Waals surface area contributed by atoms with E-state index in [1.54, 1.807) is 30.3 Å². The first-order chi connectivity index (χ1) is 14.0. The molecule has 0 aliphatic carbocycles. The Morgan fingerprint density at radius 3 is 2.28 bits per heavy atom. The summed E-state index contributed by atoms with van der Waals surface area (Å²) in [6.07, 6.45) is 0. The Morgan fingerprint density at radius 2 is 1.59 bits per heavy atom. The lowest BCUT2D eigenvalue weighted by molar-refractivity contribution is -0.116. The molecule has 0 saturated heterocycles. The van der Waals surface area contributed by atoms with Crippen LogP contribution in [0, 0.1) is 6.92 Å². The topological polar surface area (TPSA) is 59.3 Å². The maximum absolute atomic E-state index is 12.8. The fourth-order valence-corrected chi connectivity index (χ4v) is 3.41. The van der Waals surface area contributed by atoms with Crippen molar-refractivity contribution in [3.8, 4) is 0 Å². The molecular formula is C24H18ClNO3. The Kier molecular flexibility index (Phi) is 5.19. The average molecular weight is 404 g/mol. The van der Waals surface area contributed by atoms with Gasteiger partial charge in [0.25, 0.3) is 0 Å². The summed E-state index contributed by atoms with van der Waals surface area (Å²) in [6.45, 7) is 1.84. The summed E-state index contributed by atoms with van der Waals surface area (Å²) in [5, 5.41) is 2.80. The van der Waals surface area contributed by atoms with E-state index >= 15 is 0 Å². The van der Waals surface area contributed by atoms with E-state index in [-0.39, 0.29) is 11.7 Å². The van der Waals surface area contributed by atoms with E-state index in [2.05, 4.69) is 5.32 Å². The number of halogens is 1. The van der Waals surface area contributed by atoms with Gasteiger partial charge in [0.15, 0.2) is 5.76 Å². The van der Waals surface area contributed by atoms with Gasteiger partial charge in [-0.05, 0) is 30.7 Å². The Bertz CT molecular complexity index is 1180. The van der Waals surface area contributed by atoms with Gasteiger partial charge >= 0.3 is 0 Å². The van der Waals surface area contributed by atoms with Gasteiger partial charge in [-0.1, -0.05) is 60.7 Å². The second kappa shape index (κ2) is 7.94.